The molecular weight excluding hydrogens is 333 g/mol. The smallest absolute Gasteiger partial charge is 0.417 e. The van der Waals surface area contributed by atoms with E-state index in [9.17, 15) is 13.2 Å². The van der Waals surface area contributed by atoms with Crippen molar-refractivity contribution in [2.45, 2.75) is 19.7 Å². The molecule has 2 rings (SSSR count). The lowest BCUT2D eigenvalue weighted by atomic mass is 10.1. The summed E-state index contributed by atoms with van der Waals surface area (Å²) in [4.78, 5) is 0. The highest BCUT2D eigenvalue weighted by molar-refractivity contribution is 9.10. The monoisotopic (exact) mass is 344 g/mol. The first-order chi connectivity index (χ1) is 9.38. The lowest BCUT2D eigenvalue weighted by molar-refractivity contribution is -0.138. The molecule has 2 aromatic carbocycles. The van der Waals surface area contributed by atoms with E-state index in [4.69, 9.17) is 4.74 Å². The van der Waals surface area contributed by atoms with Crippen molar-refractivity contribution in [2.24, 2.45) is 0 Å². The molecular formula is C15H12BrF3O. The third-order valence-electron chi connectivity index (χ3n) is 2.81. The molecule has 0 radical (unpaired) electrons. The second kappa shape index (κ2) is 5.87. The fourth-order valence-electron chi connectivity index (χ4n) is 1.76. The standard InChI is InChI=1S/C15H12BrF3O/c1-10-7-13(16)12(15(17,18)19)8-14(10)20-9-11-5-3-2-4-6-11/h2-8H,9H2,1H3. The van der Waals surface area contributed by atoms with Gasteiger partial charge in [0.05, 0.1) is 5.56 Å². The topological polar surface area (TPSA) is 9.23 Å². The van der Waals surface area contributed by atoms with Gasteiger partial charge in [-0.3, -0.25) is 0 Å². The average Bonchev–Trinajstić information content (AvgIpc) is 2.37. The summed E-state index contributed by atoms with van der Waals surface area (Å²) in [6, 6.07) is 11.8. The minimum Gasteiger partial charge on any atom is -0.489 e. The lowest BCUT2D eigenvalue weighted by Crippen LogP contribution is -2.07. The highest BCUT2D eigenvalue weighted by Crippen LogP contribution is 2.38. The van der Waals surface area contributed by atoms with Crippen molar-refractivity contribution in [1.82, 2.24) is 0 Å². The molecule has 0 unspecified atom stereocenters. The summed E-state index contributed by atoms with van der Waals surface area (Å²) in [6.45, 7) is 1.95. The molecule has 0 aliphatic carbocycles. The van der Waals surface area contributed by atoms with E-state index in [2.05, 4.69) is 15.9 Å². The maximum atomic E-state index is 12.8. The third-order valence-corrected chi connectivity index (χ3v) is 3.46. The molecule has 0 aromatic heterocycles. The zero-order valence-corrected chi connectivity index (χ0v) is 12.3. The number of aryl methyl sites for hydroxylation is 1. The van der Waals surface area contributed by atoms with E-state index in [1.807, 2.05) is 30.3 Å². The van der Waals surface area contributed by atoms with Gasteiger partial charge in [-0.1, -0.05) is 46.3 Å². The van der Waals surface area contributed by atoms with E-state index < -0.39 is 11.7 Å². The Hall–Kier alpha value is -1.49. The van der Waals surface area contributed by atoms with E-state index in [1.165, 1.54) is 6.07 Å². The van der Waals surface area contributed by atoms with Gasteiger partial charge in [-0.25, -0.2) is 0 Å². The molecule has 0 saturated heterocycles. The van der Waals surface area contributed by atoms with Crippen LogP contribution in [0.15, 0.2) is 46.9 Å². The zero-order valence-electron chi connectivity index (χ0n) is 10.7. The Morgan fingerprint density at radius 1 is 1.10 bits per heavy atom. The van der Waals surface area contributed by atoms with Crippen LogP contribution in [-0.4, -0.2) is 0 Å². The number of benzene rings is 2. The van der Waals surface area contributed by atoms with Crippen LogP contribution in [-0.2, 0) is 12.8 Å². The summed E-state index contributed by atoms with van der Waals surface area (Å²) < 4.78 is 44.0. The summed E-state index contributed by atoms with van der Waals surface area (Å²) >= 11 is 2.94. The molecule has 0 aliphatic rings. The first kappa shape index (κ1) is 14.9. The number of ether oxygens (including phenoxy) is 1. The second-order valence-electron chi connectivity index (χ2n) is 4.37. The molecule has 1 nitrogen and oxygen atoms in total. The first-order valence-corrected chi connectivity index (χ1v) is 6.71. The fourth-order valence-corrected chi connectivity index (χ4v) is 2.44. The Labute approximate surface area is 123 Å². The molecule has 0 fully saturated rings. The molecule has 0 aliphatic heterocycles. The molecule has 0 amide bonds. The predicted octanol–water partition coefficient (Wildman–Crippen LogP) is 5.36. The van der Waals surface area contributed by atoms with Crippen LogP contribution in [0.25, 0.3) is 0 Å². The van der Waals surface area contributed by atoms with Gasteiger partial charge in [-0.15, -0.1) is 0 Å². The highest BCUT2D eigenvalue weighted by Gasteiger charge is 2.33. The molecule has 0 spiro atoms. The number of halogens is 4. The van der Waals surface area contributed by atoms with E-state index in [0.717, 1.165) is 11.6 Å². The SMILES string of the molecule is Cc1cc(Br)c(C(F)(F)F)cc1OCc1ccccc1. The van der Waals surface area contributed by atoms with Crippen molar-refractivity contribution >= 4 is 15.9 Å². The van der Waals surface area contributed by atoms with Crippen LogP contribution in [0.3, 0.4) is 0 Å². The number of hydrogen-bond donors (Lipinski definition) is 0. The van der Waals surface area contributed by atoms with Crippen LogP contribution in [0.1, 0.15) is 16.7 Å². The minimum atomic E-state index is -4.41. The van der Waals surface area contributed by atoms with Gasteiger partial charge >= 0.3 is 6.18 Å². The molecule has 106 valence electrons. The highest BCUT2D eigenvalue weighted by atomic mass is 79.9. The van der Waals surface area contributed by atoms with E-state index in [-0.39, 0.29) is 16.8 Å². The van der Waals surface area contributed by atoms with Crippen molar-refractivity contribution < 1.29 is 17.9 Å². The summed E-state index contributed by atoms with van der Waals surface area (Å²) in [7, 11) is 0. The van der Waals surface area contributed by atoms with Crippen molar-refractivity contribution in [3.8, 4) is 5.75 Å². The van der Waals surface area contributed by atoms with Crippen LogP contribution >= 0.6 is 15.9 Å². The van der Waals surface area contributed by atoms with Crippen LogP contribution in [0.2, 0.25) is 0 Å². The van der Waals surface area contributed by atoms with E-state index in [0.29, 0.717) is 5.56 Å². The number of rotatable bonds is 3. The average molecular weight is 345 g/mol. The Balaban J connectivity index is 2.24. The Morgan fingerprint density at radius 2 is 1.75 bits per heavy atom. The largest absolute Gasteiger partial charge is 0.489 e. The fraction of sp³-hybridized carbons (Fsp3) is 0.200. The third kappa shape index (κ3) is 3.54. The van der Waals surface area contributed by atoms with Gasteiger partial charge in [0.15, 0.2) is 0 Å². The lowest BCUT2D eigenvalue weighted by Gasteiger charge is -2.14. The minimum absolute atomic E-state index is 0.0227. The molecule has 0 saturated carbocycles. The van der Waals surface area contributed by atoms with E-state index in [1.54, 1.807) is 6.92 Å². The predicted molar refractivity (Wildman–Crippen MR) is 74.7 cm³/mol. The molecule has 20 heavy (non-hydrogen) atoms. The summed E-state index contributed by atoms with van der Waals surface area (Å²) in [5, 5.41) is 0. The molecule has 0 bridgehead atoms. The maximum absolute atomic E-state index is 12.8. The van der Waals surface area contributed by atoms with Crippen LogP contribution in [0.5, 0.6) is 5.75 Å². The second-order valence-corrected chi connectivity index (χ2v) is 5.22. The van der Waals surface area contributed by atoms with Gasteiger partial charge in [0.2, 0.25) is 0 Å². The van der Waals surface area contributed by atoms with Crippen molar-refractivity contribution in [3.63, 3.8) is 0 Å². The Bertz CT molecular complexity index is 594. The van der Waals surface area contributed by atoms with E-state index >= 15 is 0 Å². The van der Waals surface area contributed by atoms with Crippen LogP contribution in [0.4, 0.5) is 13.2 Å². The van der Waals surface area contributed by atoms with Gasteiger partial charge < -0.3 is 4.74 Å². The van der Waals surface area contributed by atoms with Crippen molar-refractivity contribution in [3.05, 3.63) is 63.6 Å². The van der Waals surface area contributed by atoms with Crippen molar-refractivity contribution in [1.29, 1.82) is 0 Å². The van der Waals surface area contributed by atoms with Gasteiger partial charge in [0.1, 0.15) is 12.4 Å². The Morgan fingerprint density at radius 3 is 2.35 bits per heavy atom. The van der Waals surface area contributed by atoms with Crippen molar-refractivity contribution in [2.75, 3.05) is 0 Å². The molecule has 2 aromatic rings. The summed E-state index contributed by atoms with van der Waals surface area (Å²) in [5.74, 6) is 0.240. The molecule has 0 N–H and O–H groups in total. The van der Waals surface area contributed by atoms with Gasteiger partial charge in [-0.05, 0) is 30.2 Å². The quantitative estimate of drug-likeness (QED) is 0.728. The van der Waals surface area contributed by atoms with Gasteiger partial charge in [-0.2, -0.15) is 13.2 Å². The number of hydrogen-bond acceptors (Lipinski definition) is 1. The van der Waals surface area contributed by atoms with Gasteiger partial charge in [0, 0.05) is 4.47 Å². The molecule has 5 heteroatoms. The first-order valence-electron chi connectivity index (χ1n) is 5.92. The van der Waals surface area contributed by atoms with Crippen LogP contribution < -0.4 is 4.74 Å². The van der Waals surface area contributed by atoms with Crippen LogP contribution in [0, 0.1) is 6.92 Å². The maximum Gasteiger partial charge on any atom is 0.417 e. The molecule has 0 atom stereocenters. The normalized spacial score (nSPS) is 11.4. The van der Waals surface area contributed by atoms with Gasteiger partial charge in [0.25, 0.3) is 0 Å². The molecule has 0 heterocycles. The summed E-state index contributed by atoms with van der Waals surface area (Å²) in [5.41, 5.74) is 0.829. The zero-order chi connectivity index (χ0) is 14.8. The number of alkyl halides is 3. The Kier molecular flexibility index (Phi) is 4.38. The summed E-state index contributed by atoms with van der Waals surface area (Å²) in [6.07, 6.45) is -4.41.